The lowest BCUT2D eigenvalue weighted by molar-refractivity contribution is 0.184. The van der Waals surface area contributed by atoms with E-state index in [1.807, 2.05) is 12.1 Å². The lowest BCUT2D eigenvalue weighted by Gasteiger charge is -2.17. The van der Waals surface area contributed by atoms with E-state index in [0.29, 0.717) is 10.4 Å². The van der Waals surface area contributed by atoms with Crippen LogP contribution < -0.4 is 5.32 Å². The standard InChI is InChI=1S/C13H17BrFNO/c1-9(16-7-10-4-5-17-8-10)11-2-3-13(15)12(14)6-11/h2-3,6,9-10,16H,4-5,7-8H2,1H3. The van der Waals surface area contributed by atoms with Crippen molar-refractivity contribution in [2.45, 2.75) is 19.4 Å². The van der Waals surface area contributed by atoms with Crippen molar-refractivity contribution < 1.29 is 9.13 Å². The maximum Gasteiger partial charge on any atom is 0.137 e. The zero-order valence-corrected chi connectivity index (χ0v) is 11.5. The van der Waals surface area contributed by atoms with Crippen molar-refractivity contribution in [3.05, 3.63) is 34.1 Å². The molecule has 1 heterocycles. The quantitative estimate of drug-likeness (QED) is 0.921. The molecule has 0 saturated carbocycles. The summed E-state index contributed by atoms with van der Waals surface area (Å²) in [5.74, 6) is 0.395. The van der Waals surface area contributed by atoms with Gasteiger partial charge in [0, 0.05) is 19.2 Å². The molecule has 4 heteroatoms. The summed E-state index contributed by atoms with van der Waals surface area (Å²) in [6, 6.07) is 5.38. The predicted octanol–water partition coefficient (Wildman–Crippen LogP) is 3.28. The Bertz CT molecular complexity index is 380. The molecule has 0 aliphatic carbocycles. The van der Waals surface area contributed by atoms with Crippen molar-refractivity contribution in [1.29, 1.82) is 0 Å². The molecular weight excluding hydrogens is 285 g/mol. The highest BCUT2D eigenvalue weighted by Crippen LogP contribution is 2.21. The fraction of sp³-hybridized carbons (Fsp3) is 0.538. The fourth-order valence-electron chi connectivity index (χ4n) is 1.99. The van der Waals surface area contributed by atoms with Gasteiger partial charge in [-0.25, -0.2) is 4.39 Å². The van der Waals surface area contributed by atoms with E-state index in [1.54, 1.807) is 0 Å². The van der Waals surface area contributed by atoms with Crippen molar-refractivity contribution in [3.8, 4) is 0 Å². The lowest BCUT2D eigenvalue weighted by Crippen LogP contribution is -2.26. The number of ether oxygens (including phenoxy) is 1. The number of rotatable bonds is 4. The Labute approximate surface area is 110 Å². The molecule has 0 spiro atoms. The third kappa shape index (κ3) is 3.50. The summed E-state index contributed by atoms with van der Waals surface area (Å²) in [4.78, 5) is 0. The molecule has 1 aromatic carbocycles. The summed E-state index contributed by atoms with van der Waals surface area (Å²) in [6.45, 7) is 4.78. The van der Waals surface area contributed by atoms with E-state index in [0.717, 1.165) is 31.7 Å². The molecule has 2 atom stereocenters. The molecule has 1 saturated heterocycles. The Morgan fingerprint density at radius 2 is 2.41 bits per heavy atom. The van der Waals surface area contributed by atoms with E-state index in [1.165, 1.54) is 6.07 Å². The van der Waals surface area contributed by atoms with Gasteiger partial charge in [-0.3, -0.25) is 0 Å². The van der Waals surface area contributed by atoms with Crippen LogP contribution in [0.4, 0.5) is 4.39 Å². The zero-order valence-electron chi connectivity index (χ0n) is 9.88. The monoisotopic (exact) mass is 301 g/mol. The van der Waals surface area contributed by atoms with Gasteiger partial charge in [-0.1, -0.05) is 6.07 Å². The Morgan fingerprint density at radius 1 is 1.59 bits per heavy atom. The Balaban J connectivity index is 1.89. The largest absolute Gasteiger partial charge is 0.381 e. The number of halogens is 2. The second-order valence-electron chi connectivity index (χ2n) is 4.53. The second-order valence-corrected chi connectivity index (χ2v) is 5.39. The van der Waals surface area contributed by atoms with Crippen LogP contribution in [0.2, 0.25) is 0 Å². The summed E-state index contributed by atoms with van der Waals surface area (Å²) in [5, 5.41) is 3.46. The van der Waals surface area contributed by atoms with E-state index in [2.05, 4.69) is 28.2 Å². The minimum Gasteiger partial charge on any atom is -0.381 e. The number of benzene rings is 1. The van der Waals surface area contributed by atoms with Gasteiger partial charge in [-0.2, -0.15) is 0 Å². The Hall–Kier alpha value is -0.450. The molecule has 2 unspecified atom stereocenters. The molecule has 1 aliphatic heterocycles. The van der Waals surface area contributed by atoms with Crippen LogP contribution >= 0.6 is 15.9 Å². The van der Waals surface area contributed by atoms with Gasteiger partial charge in [0.1, 0.15) is 5.82 Å². The summed E-state index contributed by atoms with van der Waals surface area (Å²) in [7, 11) is 0. The van der Waals surface area contributed by atoms with Gasteiger partial charge in [-0.05, 0) is 52.9 Å². The summed E-state index contributed by atoms with van der Waals surface area (Å²) < 4.78 is 19.0. The summed E-state index contributed by atoms with van der Waals surface area (Å²) >= 11 is 3.21. The third-order valence-corrected chi connectivity index (χ3v) is 3.79. The maximum atomic E-state index is 13.1. The number of hydrogen-bond donors (Lipinski definition) is 1. The van der Waals surface area contributed by atoms with Gasteiger partial charge in [0.05, 0.1) is 11.1 Å². The smallest absolute Gasteiger partial charge is 0.137 e. The molecule has 1 fully saturated rings. The van der Waals surface area contributed by atoms with E-state index in [-0.39, 0.29) is 11.9 Å². The molecule has 0 radical (unpaired) electrons. The highest BCUT2D eigenvalue weighted by molar-refractivity contribution is 9.10. The molecule has 1 aliphatic rings. The molecule has 17 heavy (non-hydrogen) atoms. The first-order valence-corrected chi connectivity index (χ1v) is 6.72. The molecule has 0 amide bonds. The van der Waals surface area contributed by atoms with Crippen LogP contribution in [0.3, 0.4) is 0 Å². The van der Waals surface area contributed by atoms with Crippen molar-refractivity contribution in [2.75, 3.05) is 19.8 Å². The predicted molar refractivity (Wildman–Crippen MR) is 69.4 cm³/mol. The summed E-state index contributed by atoms with van der Waals surface area (Å²) in [5.41, 5.74) is 1.09. The van der Waals surface area contributed by atoms with E-state index in [4.69, 9.17) is 4.74 Å². The molecule has 94 valence electrons. The molecule has 0 bridgehead atoms. The summed E-state index contributed by atoms with van der Waals surface area (Å²) in [6.07, 6.45) is 1.13. The van der Waals surface area contributed by atoms with Crippen LogP contribution in [0.1, 0.15) is 24.9 Å². The van der Waals surface area contributed by atoms with Gasteiger partial charge >= 0.3 is 0 Å². The fourth-order valence-corrected chi connectivity index (χ4v) is 2.38. The van der Waals surface area contributed by atoms with E-state index < -0.39 is 0 Å². The third-order valence-electron chi connectivity index (χ3n) is 3.18. The van der Waals surface area contributed by atoms with Crippen molar-refractivity contribution in [2.24, 2.45) is 5.92 Å². The van der Waals surface area contributed by atoms with Crippen LogP contribution in [0.25, 0.3) is 0 Å². The Kier molecular flexibility index (Phi) is 4.54. The maximum absolute atomic E-state index is 13.1. The average Bonchev–Trinajstić information content (AvgIpc) is 2.82. The van der Waals surface area contributed by atoms with Crippen LogP contribution in [0.15, 0.2) is 22.7 Å². The van der Waals surface area contributed by atoms with Crippen molar-refractivity contribution >= 4 is 15.9 Å². The van der Waals surface area contributed by atoms with E-state index in [9.17, 15) is 4.39 Å². The molecule has 2 rings (SSSR count). The van der Waals surface area contributed by atoms with Crippen LogP contribution in [0.5, 0.6) is 0 Å². The van der Waals surface area contributed by atoms with Crippen LogP contribution in [-0.2, 0) is 4.74 Å². The zero-order chi connectivity index (χ0) is 12.3. The highest BCUT2D eigenvalue weighted by Gasteiger charge is 2.16. The lowest BCUT2D eigenvalue weighted by atomic mass is 10.1. The minimum absolute atomic E-state index is 0.217. The molecule has 2 nitrogen and oxygen atoms in total. The van der Waals surface area contributed by atoms with Gasteiger partial charge in [0.2, 0.25) is 0 Å². The molecule has 1 aromatic rings. The average molecular weight is 302 g/mol. The SMILES string of the molecule is CC(NCC1CCOC1)c1ccc(F)c(Br)c1. The second kappa shape index (κ2) is 5.94. The highest BCUT2D eigenvalue weighted by atomic mass is 79.9. The first kappa shape index (κ1) is 13.0. The van der Waals surface area contributed by atoms with Crippen LogP contribution in [-0.4, -0.2) is 19.8 Å². The van der Waals surface area contributed by atoms with Gasteiger partial charge in [0.15, 0.2) is 0 Å². The van der Waals surface area contributed by atoms with Crippen molar-refractivity contribution in [1.82, 2.24) is 5.32 Å². The first-order chi connectivity index (χ1) is 8.16. The van der Waals surface area contributed by atoms with Gasteiger partial charge in [-0.15, -0.1) is 0 Å². The first-order valence-electron chi connectivity index (χ1n) is 5.93. The van der Waals surface area contributed by atoms with Gasteiger partial charge in [0.25, 0.3) is 0 Å². The number of nitrogens with one attached hydrogen (secondary N) is 1. The van der Waals surface area contributed by atoms with Crippen molar-refractivity contribution in [3.63, 3.8) is 0 Å². The minimum atomic E-state index is -0.217. The molecule has 1 N–H and O–H groups in total. The van der Waals surface area contributed by atoms with E-state index >= 15 is 0 Å². The Morgan fingerprint density at radius 3 is 3.06 bits per heavy atom. The topological polar surface area (TPSA) is 21.3 Å². The molecule has 0 aromatic heterocycles. The number of hydrogen-bond acceptors (Lipinski definition) is 2. The normalized spacial score (nSPS) is 21.7. The molecular formula is C13H17BrFNO. The van der Waals surface area contributed by atoms with Crippen LogP contribution in [0, 0.1) is 11.7 Å². The van der Waals surface area contributed by atoms with Gasteiger partial charge < -0.3 is 10.1 Å².